The van der Waals surface area contributed by atoms with Crippen LogP contribution in [0.3, 0.4) is 0 Å². The summed E-state index contributed by atoms with van der Waals surface area (Å²) in [5.74, 6) is -1.32. The quantitative estimate of drug-likeness (QED) is 0.741. The first kappa shape index (κ1) is 16.9. The topological polar surface area (TPSA) is 99.8 Å². The first-order valence-corrected chi connectivity index (χ1v) is 7.33. The minimum absolute atomic E-state index is 0.179. The lowest BCUT2D eigenvalue weighted by Crippen LogP contribution is -2.32. The van der Waals surface area contributed by atoms with Gasteiger partial charge in [0, 0.05) is 0 Å². The van der Waals surface area contributed by atoms with Crippen LogP contribution in [0.1, 0.15) is 22.8 Å². The number of aliphatic hydroxyl groups excluding tert-OH is 2. The van der Waals surface area contributed by atoms with E-state index in [2.05, 4.69) is 0 Å². The Hall–Kier alpha value is -2.44. The molecule has 0 saturated carbocycles. The van der Waals surface area contributed by atoms with Gasteiger partial charge < -0.3 is 19.9 Å². The zero-order chi connectivity index (χ0) is 17.0. The van der Waals surface area contributed by atoms with Crippen LogP contribution in [0.2, 0.25) is 0 Å². The zero-order valence-corrected chi connectivity index (χ0v) is 12.8. The molecule has 1 unspecified atom stereocenters. The van der Waals surface area contributed by atoms with Gasteiger partial charge in [-0.15, -0.1) is 0 Å². The number of rotatable bonds is 6. The summed E-state index contributed by atoms with van der Waals surface area (Å²) in [6, 6.07) is 10.3. The van der Waals surface area contributed by atoms with Crippen molar-refractivity contribution in [3.8, 4) is 11.3 Å². The first-order chi connectivity index (χ1) is 11.0. The molecule has 1 aromatic heterocycles. The molecule has 2 rings (SSSR count). The summed E-state index contributed by atoms with van der Waals surface area (Å²) in [4.78, 5) is 23.5. The average molecular weight is 317 g/mol. The first-order valence-electron chi connectivity index (χ1n) is 7.33. The third kappa shape index (κ3) is 3.67. The molecule has 6 heteroatoms. The van der Waals surface area contributed by atoms with Gasteiger partial charge in [-0.05, 0) is 29.7 Å². The van der Waals surface area contributed by atoms with E-state index in [4.69, 9.17) is 10.2 Å². The number of hydrogen-bond acceptors (Lipinski definition) is 4. The second kappa shape index (κ2) is 7.21. The lowest BCUT2D eigenvalue weighted by molar-refractivity contribution is 0.0688. The Morgan fingerprint density at radius 2 is 1.83 bits per heavy atom. The van der Waals surface area contributed by atoms with Gasteiger partial charge in [0.2, 0.25) is 0 Å². The van der Waals surface area contributed by atoms with Crippen LogP contribution in [-0.2, 0) is 13.0 Å². The number of benzene rings is 1. The van der Waals surface area contributed by atoms with Gasteiger partial charge in [0.05, 0.1) is 24.9 Å². The SMILES string of the molecule is CCc1ccc(-c2ccc(C(=O)O)c(=O)n2CC(O)CO)cc1. The predicted octanol–water partition coefficient (Wildman–Crippen LogP) is 1.13. The molecular formula is C17H19NO5. The fourth-order valence-electron chi connectivity index (χ4n) is 2.35. The van der Waals surface area contributed by atoms with E-state index in [1.165, 1.54) is 16.7 Å². The molecule has 6 nitrogen and oxygen atoms in total. The maximum Gasteiger partial charge on any atom is 0.341 e. The Kier molecular flexibility index (Phi) is 5.31. The molecule has 3 N–H and O–H groups in total. The summed E-state index contributed by atoms with van der Waals surface area (Å²) >= 11 is 0. The summed E-state index contributed by atoms with van der Waals surface area (Å²) in [6.07, 6.45) is -0.265. The summed E-state index contributed by atoms with van der Waals surface area (Å²) < 4.78 is 1.19. The van der Waals surface area contributed by atoms with Crippen molar-refractivity contribution < 1.29 is 20.1 Å². The van der Waals surface area contributed by atoms with Gasteiger partial charge >= 0.3 is 5.97 Å². The van der Waals surface area contributed by atoms with Crippen LogP contribution in [0.5, 0.6) is 0 Å². The van der Waals surface area contributed by atoms with E-state index in [0.717, 1.165) is 17.5 Å². The largest absolute Gasteiger partial charge is 0.477 e. The molecule has 1 aromatic carbocycles. The number of aryl methyl sites for hydroxylation is 1. The average Bonchev–Trinajstić information content (AvgIpc) is 2.56. The summed E-state index contributed by atoms with van der Waals surface area (Å²) in [5.41, 5.74) is 1.29. The number of hydrogen-bond donors (Lipinski definition) is 3. The fraction of sp³-hybridized carbons (Fsp3) is 0.294. The number of nitrogens with zero attached hydrogens (tertiary/aromatic N) is 1. The van der Waals surface area contributed by atoms with Crippen LogP contribution in [0.15, 0.2) is 41.2 Å². The van der Waals surface area contributed by atoms with Crippen LogP contribution < -0.4 is 5.56 Å². The number of carboxylic acid groups (broad SMARTS) is 1. The Bertz CT molecular complexity index is 749. The predicted molar refractivity (Wildman–Crippen MR) is 85.6 cm³/mol. The number of carboxylic acids is 1. The lowest BCUT2D eigenvalue weighted by atomic mass is 10.1. The van der Waals surface area contributed by atoms with Crippen molar-refractivity contribution in [3.63, 3.8) is 0 Å². The van der Waals surface area contributed by atoms with Gasteiger partial charge in [-0.2, -0.15) is 0 Å². The number of aromatic carboxylic acids is 1. The highest BCUT2D eigenvalue weighted by molar-refractivity contribution is 5.87. The molecule has 0 fully saturated rings. The molecule has 0 aliphatic carbocycles. The highest BCUT2D eigenvalue weighted by Gasteiger charge is 2.17. The van der Waals surface area contributed by atoms with E-state index in [1.807, 2.05) is 31.2 Å². The van der Waals surface area contributed by atoms with Crippen molar-refractivity contribution in [2.45, 2.75) is 26.0 Å². The second-order valence-electron chi connectivity index (χ2n) is 5.24. The Morgan fingerprint density at radius 3 is 2.35 bits per heavy atom. The molecule has 0 aliphatic heterocycles. The number of pyridine rings is 1. The molecule has 23 heavy (non-hydrogen) atoms. The molecule has 0 radical (unpaired) electrons. The third-order valence-electron chi connectivity index (χ3n) is 3.67. The lowest BCUT2D eigenvalue weighted by Gasteiger charge is -2.16. The minimum Gasteiger partial charge on any atom is -0.477 e. The minimum atomic E-state index is -1.32. The van der Waals surface area contributed by atoms with Crippen LogP contribution >= 0.6 is 0 Å². The van der Waals surface area contributed by atoms with E-state index in [-0.39, 0.29) is 12.1 Å². The standard InChI is InChI=1S/C17H19NO5/c1-2-11-3-5-12(6-4-11)15-8-7-14(17(22)23)16(21)18(15)9-13(20)10-19/h3-8,13,19-20H,2,9-10H2,1H3,(H,22,23). The monoisotopic (exact) mass is 317 g/mol. The van der Waals surface area contributed by atoms with Gasteiger partial charge in [0.1, 0.15) is 5.56 Å². The second-order valence-corrected chi connectivity index (χ2v) is 5.24. The summed E-state index contributed by atoms with van der Waals surface area (Å²) in [7, 11) is 0. The van der Waals surface area contributed by atoms with Gasteiger partial charge in [0.25, 0.3) is 5.56 Å². The normalized spacial score (nSPS) is 12.1. The van der Waals surface area contributed by atoms with Crippen LogP contribution in [-0.4, -0.2) is 38.6 Å². The van der Waals surface area contributed by atoms with Crippen molar-refractivity contribution >= 4 is 5.97 Å². The Morgan fingerprint density at radius 1 is 1.17 bits per heavy atom. The maximum atomic E-state index is 12.4. The van der Waals surface area contributed by atoms with E-state index in [0.29, 0.717) is 5.69 Å². The number of aliphatic hydroxyl groups is 2. The molecule has 0 spiro atoms. The van der Waals surface area contributed by atoms with Gasteiger partial charge in [-0.1, -0.05) is 31.2 Å². The Labute approximate surface area is 133 Å². The molecule has 0 aliphatic rings. The molecular weight excluding hydrogens is 298 g/mol. The van der Waals surface area contributed by atoms with Crippen molar-refractivity contribution in [2.75, 3.05) is 6.61 Å². The van der Waals surface area contributed by atoms with Crippen molar-refractivity contribution in [1.82, 2.24) is 4.57 Å². The molecule has 0 saturated heterocycles. The maximum absolute atomic E-state index is 12.4. The van der Waals surface area contributed by atoms with Crippen molar-refractivity contribution in [1.29, 1.82) is 0 Å². The van der Waals surface area contributed by atoms with E-state index in [1.54, 1.807) is 0 Å². The molecule has 0 bridgehead atoms. The van der Waals surface area contributed by atoms with Gasteiger partial charge in [-0.25, -0.2) is 4.79 Å². The van der Waals surface area contributed by atoms with E-state index >= 15 is 0 Å². The van der Waals surface area contributed by atoms with Gasteiger partial charge in [-0.3, -0.25) is 4.79 Å². The van der Waals surface area contributed by atoms with Crippen LogP contribution in [0, 0.1) is 0 Å². The summed E-state index contributed by atoms with van der Waals surface area (Å²) in [5, 5.41) is 27.8. The van der Waals surface area contributed by atoms with E-state index in [9.17, 15) is 14.7 Å². The number of carbonyl (C=O) groups is 1. The van der Waals surface area contributed by atoms with Crippen molar-refractivity contribution in [3.05, 3.63) is 57.9 Å². The smallest absolute Gasteiger partial charge is 0.341 e. The van der Waals surface area contributed by atoms with Gasteiger partial charge in [0.15, 0.2) is 0 Å². The fourth-order valence-corrected chi connectivity index (χ4v) is 2.35. The van der Waals surface area contributed by atoms with Crippen LogP contribution in [0.4, 0.5) is 0 Å². The zero-order valence-electron chi connectivity index (χ0n) is 12.8. The highest BCUT2D eigenvalue weighted by atomic mass is 16.4. The molecule has 1 atom stereocenters. The number of aromatic nitrogens is 1. The highest BCUT2D eigenvalue weighted by Crippen LogP contribution is 2.20. The van der Waals surface area contributed by atoms with Crippen molar-refractivity contribution in [2.24, 2.45) is 0 Å². The third-order valence-corrected chi connectivity index (χ3v) is 3.67. The summed E-state index contributed by atoms with van der Waals surface area (Å²) in [6.45, 7) is 1.34. The molecule has 1 heterocycles. The Balaban J connectivity index is 2.59. The molecule has 0 amide bonds. The van der Waals surface area contributed by atoms with E-state index < -0.39 is 24.2 Å². The molecule has 122 valence electrons. The molecule has 2 aromatic rings. The van der Waals surface area contributed by atoms with Crippen LogP contribution in [0.25, 0.3) is 11.3 Å².